The molecule has 0 spiro atoms. The Bertz CT molecular complexity index is 162. The molecule has 0 fully saturated rings. The van der Waals surface area contributed by atoms with Crippen molar-refractivity contribution in [2.45, 2.75) is 0 Å². The van der Waals surface area contributed by atoms with Crippen LogP contribution in [0.4, 0.5) is 0 Å². The van der Waals surface area contributed by atoms with Gasteiger partial charge in [0.25, 0.3) is 0 Å². The maximum atomic E-state index is 10.1. The van der Waals surface area contributed by atoms with Crippen LogP contribution in [0.15, 0.2) is 27.8 Å². The minimum Gasteiger partial charge on any atom is -0.298 e. The number of hydrogen-bond acceptors (Lipinski definition) is 2. The Morgan fingerprint density at radius 2 is 2.22 bits per heavy atom. The third-order valence-corrected chi connectivity index (χ3v) is 1.43. The average molecular weight is 188 g/mol. The number of rotatable bonds is 3. The zero-order valence-electron chi connectivity index (χ0n) is 4.80. The SMILES string of the molecule is C=C/C(C=O)=C(/Br)N=C. The van der Waals surface area contributed by atoms with E-state index in [0.29, 0.717) is 16.5 Å². The molecule has 0 bridgehead atoms. The number of aliphatic imine (C=N–C) groups is 1. The lowest BCUT2D eigenvalue weighted by Crippen LogP contribution is -1.79. The maximum Gasteiger partial charge on any atom is 0.152 e. The van der Waals surface area contributed by atoms with Crippen molar-refractivity contribution in [1.82, 2.24) is 0 Å². The first-order chi connectivity index (χ1) is 4.26. The fourth-order valence-corrected chi connectivity index (χ4v) is 0.528. The summed E-state index contributed by atoms with van der Waals surface area (Å²) in [6.07, 6.45) is 2.07. The molecule has 0 atom stereocenters. The summed E-state index contributed by atoms with van der Waals surface area (Å²) in [5.74, 6) is 0. The third kappa shape index (κ3) is 2.37. The van der Waals surface area contributed by atoms with E-state index in [0.717, 1.165) is 0 Å². The van der Waals surface area contributed by atoms with Crippen molar-refractivity contribution in [3.63, 3.8) is 0 Å². The molecule has 0 saturated carbocycles. The first kappa shape index (κ1) is 8.30. The molecule has 0 N–H and O–H groups in total. The molecule has 0 aromatic carbocycles. The van der Waals surface area contributed by atoms with Gasteiger partial charge in [0.15, 0.2) is 6.29 Å². The summed E-state index contributed by atoms with van der Waals surface area (Å²) in [6, 6.07) is 0. The zero-order valence-corrected chi connectivity index (χ0v) is 6.39. The van der Waals surface area contributed by atoms with Crippen LogP contribution in [0.2, 0.25) is 0 Å². The highest BCUT2D eigenvalue weighted by Gasteiger charge is 1.92. The molecule has 0 radical (unpaired) electrons. The molecule has 2 nitrogen and oxygen atoms in total. The van der Waals surface area contributed by atoms with Crippen LogP contribution in [0.25, 0.3) is 0 Å². The van der Waals surface area contributed by atoms with Crippen molar-refractivity contribution in [2.75, 3.05) is 0 Å². The summed E-state index contributed by atoms with van der Waals surface area (Å²) in [4.78, 5) is 13.6. The quantitative estimate of drug-likeness (QED) is 0.218. The highest BCUT2D eigenvalue weighted by Crippen LogP contribution is 2.10. The first-order valence-electron chi connectivity index (χ1n) is 2.20. The van der Waals surface area contributed by atoms with E-state index in [4.69, 9.17) is 0 Å². The van der Waals surface area contributed by atoms with Crippen molar-refractivity contribution in [3.05, 3.63) is 22.8 Å². The summed E-state index contributed by atoms with van der Waals surface area (Å²) in [7, 11) is 0. The zero-order chi connectivity index (χ0) is 7.28. The van der Waals surface area contributed by atoms with Gasteiger partial charge in [-0.2, -0.15) is 0 Å². The smallest absolute Gasteiger partial charge is 0.152 e. The molecule has 0 aromatic heterocycles. The average Bonchev–Trinajstić information content (AvgIpc) is 1.90. The summed E-state index contributed by atoms with van der Waals surface area (Å²) in [5.41, 5.74) is 0.407. The lowest BCUT2D eigenvalue weighted by Gasteiger charge is -1.88. The molecular weight excluding hydrogens is 182 g/mol. The van der Waals surface area contributed by atoms with Crippen molar-refractivity contribution in [3.8, 4) is 0 Å². The molecule has 3 heteroatoms. The summed E-state index contributed by atoms with van der Waals surface area (Å²) < 4.78 is 0.424. The van der Waals surface area contributed by atoms with Crippen LogP contribution in [0.3, 0.4) is 0 Å². The standard InChI is InChI=1S/C6H6BrNO/c1-3-5(4-9)6(7)8-2/h3-4H,1-2H2/b6-5+. The second-order valence-corrected chi connectivity index (χ2v) is 1.98. The van der Waals surface area contributed by atoms with Crippen LogP contribution in [0, 0.1) is 0 Å². The fourth-order valence-electron chi connectivity index (χ4n) is 0.272. The van der Waals surface area contributed by atoms with Crippen molar-refractivity contribution in [2.24, 2.45) is 4.99 Å². The van der Waals surface area contributed by atoms with E-state index in [1.165, 1.54) is 6.08 Å². The van der Waals surface area contributed by atoms with Gasteiger partial charge < -0.3 is 0 Å². The fraction of sp³-hybridized carbons (Fsp3) is 0. The molecular formula is C6H6BrNO. The van der Waals surface area contributed by atoms with Crippen LogP contribution in [-0.4, -0.2) is 13.0 Å². The Kier molecular flexibility index (Phi) is 3.88. The molecule has 0 aliphatic carbocycles. The van der Waals surface area contributed by atoms with Crippen LogP contribution in [0.1, 0.15) is 0 Å². The molecule has 0 aliphatic rings. The Morgan fingerprint density at radius 3 is 2.33 bits per heavy atom. The molecule has 9 heavy (non-hydrogen) atoms. The number of hydrogen-bond donors (Lipinski definition) is 0. The van der Waals surface area contributed by atoms with E-state index in [1.54, 1.807) is 0 Å². The van der Waals surface area contributed by atoms with Gasteiger partial charge in [-0.1, -0.05) is 12.7 Å². The normalized spacial score (nSPS) is 11.7. The van der Waals surface area contributed by atoms with E-state index < -0.39 is 0 Å². The Hall–Kier alpha value is -0.700. The number of nitrogens with zero attached hydrogens (tertiary/aromatic N) is 1. The molecule has 0 amide bonds. The van der Waals surface area contributed by atoms with E-state index >= 15 is 0 Å². The molecule has 0 heterocycles. The van der Waals surface area contributed by atoms with Gasteiger partial charge in [-0.3, -0.25) is 9.79 Å². The van der Waals surface area contributed by atoms with Crippen LogP contribution < -0.4 is 0 Å². The van der Waals surface area contributed by atoms with Gasteiger partial charge in [-0.15, -0.1) is 0 Å². The second kappa shape index (κ2) is 4.21. The summed E-state index contributed by atoms with van der Waals surface area (Å²) in [5, 5.41) is 0. The largest absolute Gasteiger partial charge is 0.298 e. The number of halogens is 1. The lowest BCUT2D eigenvalue weighted by atomic mass is 10.3. The number of aldehydes is 1. The van der Waals surface area contributed by atoms with Gasteiger partial charge >= 0.3 is 0 Å². The summed E-state index contributed by atoms with van der Waals surface area (Å²) in [6.45, 7) is 6.61. The van der Waals surface area contributed by atoms with Crippen LogP contribution >= 0.6 is 15.9 Å². The van der Waals surface area contributed by atoms with Crippen LogP contribution in [0.5, 0.6) is 0 Å². The molecule has 48 valence electrons. The topological polar surface area (TPSA) is 29.4 Å². The number of carbonyl (C=O) groups is 1. The maximum absolute atomic E-state index is 10.1. The molecule has 0 unspecified atom stereocenters. The summed E-state index contributed by atoms with van der Waals surface area (Å²) >= 11 is 3.01. The molecule has 0 aromatic rings. The monoisotopic (exact) mass is 187 g/mol. The Morgan fingerprint density at radius 1 is 1.67 bits per heavy atom. The lowest BCUT2D eigenvalue weighted by molar-refractivity contribution is -0.104. The Balaban J connectivity index is 4.56. The van der Waals surface area contributed by atoms with Crippen molar-refractivity contribution < 1.29 is 4.79 Å². The predicted molar refractivity (Wildman–Crippen MR) is 41.8 cm³/mol. The van der Waals surface area contributed by atoms with Gasteiger partial charge in [-0.25, -0.2) is 0 Å². The van der Waals surface area contributed by atoms with E-state index in [1.807, 2.05) is 0 Å². The van der Waals surface area contributed by atoms with Crippen LogP contribution in [-0.2, 0) is 4.79 Å². The first-order valence-corrected chi connectivity index (χ1v) is 2.99. The van der Waals surface area contributed by atoms with Gasteiger partial charge in [0, 0.05) is 5.57 Å². The van der Waals surface area contributed by atoms with E-state index in [-0.39, 0.29) is 0 Å². The van der Waals surface area contributed by atoms with E-state index in [2.05, 4.69) is 34.2 Å². The predicted octanol–water partition coefficient (Wildman–Crippen LogP) is 1.68. The second-order valence-electron chi connectivity index (χ2n) is 1.23. The molecule has 0 saturated heterocycles. The van der Waals surface area contributed by atoms with Crippen molar-refractivity contribution in [1.29, 1.82) is 0 Å². The number of allylic oxidation sites excluding steroid dienone is 2. The minimum atomic E-state index is 0.407. The van der Waals surface area contributed by atoms with Gasteiger partial charge in [0.2, 0.25) is 0 Å². The van der Waals surface area contributed by atoms with Gasteiger partial charge in [0.05, 0.1) is 0 Å². The minimum absolute atomic E-state index is 0.407. The Labute approximate surface area is 62.1 Å². The molecule has 0 aliphatic heterocycles. The molecule has 0 rings (SSSR count). The van der Waals surface area contributed by atoms with E-state index in [9.17, 15) is 4.79 Å². The third-order valence-electron chi connectivity index (χ3n) is 0.724. The van der Waals surface area contributed by atoms with Crippen molar-refractivity contribution >= 4 is 28.9 Å². The number of carbonyl (C=O) groups excluding carboxylic acids is 1. The van der Waals surface area contributed by atoms with Gasteiger partial charge in [-0.05, 0) is 22.6 Å². The highest BCUT2D eigenvalue weighted by atomic mass is 79.9. The highest BCUT2D eigenvalue weighted by molar-refractivity contribution is 9.11. The van der Waals surface area contributed by atoms with Gasteiger partial charge in [0.1, 0.15) is 4.61 Å².